The first-order valence-corrected chi connectivity index (χ1v) is 7.01. The lowest BCUT2D eigenvalue weighted by Gasteiger charge is -2.12. The molecule has 0 spiro atoms. The Morgan fingerprint density at radius 1 is 1.50 bits per heavy atom. The average molecular weight is 292 g/mol. The van der Waals surface area contributed by atoms with Crippen molar-refractivity contribution in [2.75, 3.05) is 11.9 Å². The monoisotopic (exact) mass is 291 g/mol. The quantitative estimate of drug-likeness (QED) is 0.750. The van der Waals surface area contributed by atoms with E-state index in [2.05, 4.69) is 5.32 Å². The summed E-state index contributed by atoms with van der Waals surface area (Å²) < 4.78 is 22.3. The van der Waals surface area contributed by atoms with Crippen molar-refractivity contribution in [3.63, 3.8) is 0 Å². The molecule has 8 heteroatoms. The van der Waals surface area contributed by atoms with Gasteiger partial charge in [0.25, 0.3) is 0 Å². The lowest BCUT2D eigenvalue weighted by molar-refractivity contribution is -0.119. The number of amides is 1. The van der Waals surface area contributed by atoms with Crippen molar-refractivity contribution >= 4 is 33.2 Å². The first-order chi connectivity index (χ1) is 8.25. The van der Waals surface area contributed by atoms with Crippen molar-refractivity contribution in [3.8, 4) is 0 Å². The maximum Gasteiger partial charge on any atom is 0.238 e. The topological polar surface area (TPSA) is 115 Å². The number of halogens is 1. The van der Waals surface area contributed by atoms with Crippen LogP contribution in [0, 0.1) is 5.92 Å². The first-order valence-electron chi connectivity index (χ1n) is 5.09. The molecule has 1 unspecified atom stereocenters. The Morgan fingerprint density at radius 3 is 2.61 bits per heavy atom. The molecule has 0 aromatic heterocycles. The van der Waals surface area contributed by atoms with Gasteiger partial charge in [-0.2, -0.15) is 0 Å². The summed E-state index contributed by atoms with van der Waals surface area (Å²) in [5.74, 6) is -0.745. The SMILES string of the molecule is CC(CN)C(=O)Nc1cc(S(N)(=O)=O)ccc1Cl. The largest absolute Gasteiger partial charge is 0.330 e. The predicted molar refractivity (Wildman–Crippen MR) is 69.7 cm³/mol. The molecule has 0 saturated carbocycles. The third-order valence-corrected chi connectivity index (χ3v) is 3.57. The van der Waals surface area contributed by atoms with Crippen LogP contribution in [0.4, 0.5) is 5.69 Å². The zero-order valence-corrected chi connectivity index (χ0v) is 11.3. The minimum Gasteiger partial charge on any atom is -0.330 e. The van der Waals surface area contributed by atoms with Crippen LogP contribution in [0.15, 0.2) is 23.1 Å². The zero-order chi connectivity index (χ0) is 13.9. The van der Waals surface area contributed by atoms with Gasteiger partial charge in [-0.15, -0.1) is 0 Å². The summed E-state index contributed by atoms with van der Waals surface area (Å²) in [7, 11) is -3.84. The van der Waals surface area contributed by atoms with E-state index in [1.807, 2.05) is 0 Å². The summed E-state index contributed by atoms with van der Waals surface area (Å²) in [5, 5.41) is 7.71. The predicted octanol–water partition coefficient (Wildman–Crippen LogP) is 0.521. The van der Waals surface area contributed by atoms with E-state index < -0.39 is 15.9 Å². The Balaban J connectivity index is 3.06. The zero-order valence-electron chi connectivity index (χ0n) is 9.68. The highest BCUT2D eigenvalue weighted by Crippen LogP contribution is 2.25. The van der Waals surface area contributed by atoms with Gasteiger partial charge in [0, 0.05) is 12.5 Å². The van der Waals surface area contributed by atoms with Gasteiger partial charge in [0.15, 0.2) is 0 Å². The number of anilines is 1. The highest BCUT2D eigenvalue weighted by Gasteiger charge is 2.15. The lowest BCUT2D eigenvalue weighted by Crippen LogP contribution is -2.27. The second-order valence-corrected chi connectivity index (χ2v) is 5.78. The molecular formula is C10H14ClN3O3S. The van der Waals surface area contributed by atoms with Crippen molar-refractivity contribution in [1.82, 2.24) is 0 Å². The van der Waals surface area contributed by atoms with Crippen LogP contribution in [-0.4, -0.2) is 20.9 Å². The highest BCUT2D eigenvalue weighted by atomic mass is 35.5. The second kappa shape index (κ2) is 5.66. The molecule has 0 radical (unpaired) electrons. The summed E-state index contributed by atoms with van der Waals surface area (Å²) in [4.78, 5) is 11.5. The molecule has 0 bridgehead atoms. The van der Waals surface area contributed by atoms with Crippen LogP contribution < -0.4 is 16.2 Å². The van der Waals surface area contributed by atoms with E-state index in [4.69, 9.17) is 22.5 Å². The van der Waals surface area contributed by atoms with Gasteiger partial charge in [-0.1, -0.05) is 18.5 Å². The molecule has 18 heavy (non-hydrogen) atoms. The Morgan fingerprint density at radius 2 is 2.11 bits per heavy atom. The molecular weight excluding hydrogens is 278 g/mol. The number of rotatable bonds is 4. The molecule has 1 rings (SSSR count). The van der Waals surface area contributed by atoms with Crippen LogP contribution >= 0.6 is 11.6 Å². The Bertz CT molecular complexity index is 559. The van der Waals surface area contributed by atoms with Gasteiger partial charge in [0.1, 0.15) is 0 Å². The van der Waals surface area contributed by atoms with E-state index in [-0.39, 0.29) is 28.1 Å². The van der Waals surface area contributed by atoms with Gasteiger partial charge < -0.3 is 11.1 Å². The standard InChI is InChI=1S/C10H14ClN3O3S/c1-6(5-12)10(15)14-9-4-7(18(13,16)17)2-3-8(9)11/h2-4,6H,5,12H2,1H3,(H,14,15)(H2,13,16,17). The highest BCUT2D eigenvalue weighted by molar-refractivity contribution is 7.89. The summed E-state index contributed by atoms with van der Waals surface area (Å²) in [6.45, 7) is 1.82. The van der Waals surface area contributed by atoms with Gasteiger partial charge in [0.05, 0.1) is 15.6 Å². The number of nitrogens with one attached hydrogen (secondary N) is 1. The van der Waals surface area contributed by atoms with Gasteiger partial charge in [-0.05, 0) is 18.2 Å². The van der Waals surface area contributed by atoms with E-state index >= 15 is 0 Å². The van der Waals surface area contributed by atoms with Crippen LogP contribution in [0.5, 0.6) is 0 Å². The summed E-state index contributed by atoms with van der Waals surface area (Å²) in [6.07, 6.45) is 0. The van der Waals surface area contributed by atoms with E-state index in [0.717, 1.165) is 0 Å². The fourth-order valence-corrected chi connectivity index (χ4v) is 1.84. The maximum absolute atomic E-state index is 11.6. The Kier molecular flexibility index (Phi) is 4.69. The molecule has 0 aliphatic heterocycles. The number of hydrogen-bond donors (Lipinski definition) is 3. The number of benzene rings is 1. The van der Waals surface area contributed by atoms with Crippen LogP contribution in [0.1, 0.15) is 6.92 Å². The van der Waals surface area contributed by atoms with Crippen LogP contribution in [-0.2, 0) is 14.8 Å². The maximum atomic E-state index is 11.6. The lowest BCUT2D eigenvalue weighted by atomic mass is 10.1. The number of carbonyl (C=O) groups is 1. The van der Waals surface area contributed by atoms with Crippen molar-refractivity contribution in [3.05, 3.63) is 23.2 Å². The third kappa shape index (κ3) is 3.67. The normalized spacial score (nSPS) is 13.1. The molecule has 1 aromatic carbocycles. The van der Waals surface area contributed by atoms with Crippen LogP contribution in [0.3, 0.4) is 0 Å². The van der Waals surface area contributed by atoms with Gasteiger partial charge >= 0.3 is 0 Å². The van der Waals surface area contributed by atoms with Crippen LogP contribution in [0.2, 0.25) is 5.02 Å². The molecule has 0 aliphatic rings. The van der Waals surface area contributed by atoms with Crippen molar-refractivity contribution in [1.29, 1.82) is 0 Å². The molecule has 1 amide bonds. The van der Waals surface area contributed by atoms with E-state index in [0.29, 0.717) is 0 Å². The average Bonchev–Trinajstić information content (AvgIpc) is 2.29. The second-order valence-electron chi connectivity index (χ2n) is 3.81. The van der Waals surface area contributed by atoms with E-state index in [9.17, 15) is 13.2 Å². The minimum atomic E-state index is -3.84. The van der Waals surface area contributed by atoms with E-state index in [1.165, 1.54) is 18.2 Å². The molecule has 100 valence electrons. The van der Waals surface area contributed by atoms with Crippen LogP contribution in [0.25, 0.3) is 0 Å². The van der Waals surface area contributed by atoms with E-state index in [1.54, 1.807) is 6.92 Å². The van der Waals surface area contributed by atoms with Crippen molar-refractivity contribution < 1.29 is 13.2 Å². The molecule has 6 nitrogen and oxygen atoms in total. The molecule has 1 aromatic rings. The number of hydrogen-bond acceptors (Lipinski definition) is 4. The smallest absolute Gasteiger partial charge is 0.238 e. The van der Waals surface area contributed by atoms with Crippen molar-refractivity contribution in [2.45, 2.75) is 11.8 Å². The number of sulfonamides is 1. The fourth-order valence-electron chi connectivity index (χ4n) is 1.14. The summed E-state index contributed by atoms with van der Waals surface area (Å²) >= 11 is 5.86. The Labute approximate surface area is 110 Å². The summed E-state index contributed by atoms with van der Waals surface area (Å²) in [5.41, 5.74) is 5.54. The molecule has 0 fully saturated rings. The molecule has 1 atom stereocenters. The third-order valence-electron chi connectivity index (χ3n) is 2.33. The van der Waals surface area contributed by atoms with Gasteiger partial charge in [-0.3, -0.25) is 4.79 Å². The van der Waals surface area contributed by atoms with Crippen molar-refractivity contribution in [2.24, 2.45) is 16.8 Å². The minimum absolute atomic E-state index is 0.123. The summed E-state index contributed by atoms with van der Waals surface area (Å²) in [6, 6.07) is 3.82. The fraction of sp³-hybridized carbons (Fsp3) is 0.300. The molecule has 0 saturated heterocycles. The number of carbonyl (C=O) groups excluding carboxylic acids is 1. The first kappa shape index (κ1) is 14.9. The van der Waals surface area contributed by atoms with Gasteiger partial charge in [-0.25, -0.2) is 13.6 Å². The Hall–Kier alpha value is -1.15. The molecule has 5 N–H and O–H groups in total. The molecule has 0 aliphatic carbocycles. The number of nitrogens with two attached hydrogens (primary N) is 2. The molecule has 0 heterocycles. The van der Waals surface area contributed by atoms with Gasteiger partial charge in [0.2, 0.25) is 15.9 Å². The number of primary sulfonamides is 1.